The van der Waals surface area contributed by atoms with Crippen LogP contribution in [0.15, 0.2) is 59.0 Å². The van der Waals surface area contributed by atoms with Crippen molar-refractivity contribution in [3.05, 3.63) is 88.5 Å². The molecule has 1 aromatic heterocycles. The first-order valence-electron chi connectivity index (χ1n) is 12.8. The van der Waals surface area contributed by atoms with Crippen LogP contribution in [-0.4, -0.2) is 45.1 Å². The molecule has 4 aromatic rings. The number of fused-ring (bicyclic) bond motifs is 1. The van der Waals surface area contributed by atoms with E-state index in [0.717, 1.165) is 24.5 Å². The maximum absolute atomic E-state index is 14.0. The molecule has 3 aromatic carbocycles. The van der Waals surface area contributed by atoms with Crippen LogP contribution in [0.1, 0.15) is 45.8 Å². The molecule has 0 aliphatic heterocycles. The van der Waals surface area contributed by atoms with Crippen molar-refractivity contribution < 1.29 is 36.5 Å². The third kappa shape index (κ3) is 5.95. The number of hydrogen-bond donors (Lipinski definition) is 4. The molecule has 1 amide bonds. The average Bonchev–Trinajstić information content (AvgIpc) is 3.68. The van der Waals surface area contributed by atoms with Crippen LogP contribution in [0.2, 0.25) is 0 Å². The number of amides is 1. The van der Waals surface area contributed by atoms with Crippen molar-refractivity contribution >= 4 is 39.5 Å². The fraction of sp³-hybridized carbons (Fsp3) is 0.250. The fourth-order valence-electron chi connectivity index (χ4n) is 4.80. The third-order valence-electron chi connectivity index (χ3n) is 6.95. The topological polar surface area (TPSA) is 129 Å². The summed E-state index contributed by atoms with van der Waals surface area (Å²) in [6, 6.07) is 12.9. The molecule has 0 atom stereocenters. The Kier molecular flexibility index (Phi) is 7.78. The molecular weight excluding hydrogens is 541 g/mol. The smallest absolute Gasteiger partial charge is 0.455 e. The van der Waals surface area contributed by atoms with Crippen molar-refractivity contribution in [2.24, 2.45) is 0 Å². The number of halogens is 2. The van der Waals surface area contributed by atoms with Gasteiger partial charge in [0.2, 0.25) is 10.0 Å². The Morgan fingerprint density at radius 2 is 1.80 bits per heavy atom. The van der Waals surface area contributed by atoms with Crippen molar-refractivity contribution in [1.82, 2.24) is 10.0 Å². The summed E-state index contributed by atoms with van der Waals surface area (Å²) in [6.07, 6.45) is 1.99. The first-order valence-corrected chi connectivity index (χ1v) is 14.4. The summed E-state index contributed by atoms with van der Waals surface area (Å²) in [4.78, 5) is 12.9. The number of rotatable bonds is 10. The van der Waals surface area contributed by atoms with Crippen LogP contribution in [0.25, 0.3) is 22.3 Å². The van der Waals surface area contributed by atoms with Gasteiger partial charge in [-0.15, -0.1) is 0 Å². The summed E-state index contributed by atoms with van der Waals surface area (Å²) < 4.78 is 62.2. The largest absolute Gasteiger partial charge is 0.491 e. The molecule has 4 N–H and O–H groups in total. The lowest BCUT2D eigenvalue weighted by atomic mass is 9.79. The molecule has 208 valence electrons. The summed E-state index contributed by atoms with van der Waals surface area (Å²) in [5, 5.41) is 21.5. The minimum Gasteiger partial charge on any atom is -0.455 e. The molecular formula is C28H27BF2N2O6S. The molecule has 1 heterocycles. The predicted molar refractivity (Wildman–Crippen MR) is 148 cm³/mol. The van der Waals surface area contributed by atoms with Gasteiger partial charge in [0.1, 0.15) is 23.0 Å². The van der Waals surface area contributed by atoms with Crippen LogP contribution in [-0.2, 0) is 22.2 Å². The molecule has 8 nitrogen and oxygen atoms in total. The van der Waals surface area contributed by atoms with E-state index >= 15 is 0 Å². The Balaban J connectivity index is 1.42. The van der Waals surface area contributed by atoms with E-state index in [4.69, 9.17) is 14.5 Å². The van der Waals surface area contributed by atoms with Gasteiger partial charge in [0.25, 0.3) is 5.91 Å². The zero-order chi connectivity index (χ0) is 28.6. The highest BCUT2D eigenvalue weighted by Crippen LogP contribution is 2.45. The van der Waals surface area contributed by atoms with Gasteiger partial charge in [-0.2, -0.15) is 0 Å². The Bertz CT molecular complexity index is 1690. The van der Waals surface area contributed by atoms with Gasteiger partial charge in [0.05, 0.1) is 11.3 Å². The van der Waals surface area contributed by atoms with Crippen molar-refractivity contribution in [1.29, 1.82) is 0 Å². The van der Waals surface area contributed by atoms with E-state index in [1.54, 1.807) is 6.07 Å². The van der Waals surface area contributed by atoms with E-state index in [-0.39, 0.29) is 41.8 Å². The number of carbonyl (C=O) groups excluding carboxylic acids is 1. The van der Waals surface area contributed by atoms with Gasteiger partial charge in [-0.05, 0) is 84.3 Å². The molecule has 1 aliphatic carbocycles. The van der Waals surface area contributed by atoms with Gasteiger partial charge >= 0.3 is 7.12 Å². The third-order valence-corrected chi connectivity index (χ3v) is 8.29. The lowest BCUT2D eigenvalue weighted by molar-refractivity contribution is 0.0964. The minimum atomic E-state index is -3.80. The normalized spacial score (nSPS) is 13.5. The molecule has 12 heteroatoms. The number of furan rings is 1. The second-order valence-electron chi connectivity index (χ2n) is 9.85. The highest BCUT2D eigenvalue weighted by Gasteiger charge is 2.31. The molecule has 0 spiro atoms. The molecule has 1 fully saturated rings. The van der Waals surface area contributed by atoms with Gasteiger partial charge in [-0.3, -0.25) is 4.79 Å². The second kappa shape index (κ2) is 11.1. The SMILES string of the molecule is CNC(=O)c1c(-c2ccc(F)cc2)oc2cc(CS(=O)(=O)NCCc3ccc(B(O)O)c(F)c3)c(C3CC3)cc12. The first kappa shape index (κ1) is 28.0. The van der Waals surface area contributed by atoms with Crippen LogP contribution in [0.3, 0.4) is 0 Å². The average molecular weight is 568 g/mol. The number of benzene rings is 3. The van der Waals surface area contributed by atoms with Crippen molar-refractivity contribution in [2.45, 2.75) is 30.9 Å². The predicted octanol–water partition coefficient (Wildman–Crippen LogP) is 2.96. The monoisotopic (exact) mass is 568 g/mol. The molecule has 1 aliphatic rings. The second-order valence-corrected chi connectivity index (χ2v) is 11.7. The van der Waals surface area contributed by atoms with Crippen molar-refractivity contribution in [2.75, 3.05) is 13.6 Å². The van der Waals surface area contributed by atoms with Gasteiger partial charge in [-0.1, -0.05) is 12.1 Å². The van der Waals surface area contributed by atoms with E-state index in [1.165, 1.54) is 43.4 Å². The van der Waals surface area contributed by atoms with E-state index in [9.17, 15) is 22.0 Å². The zero-order valence-corrected chi connectivity index (χ0v) is 22.4. The van der Waals surface area contributed by atoms with Crippen LogP contribution < -0.4 is 15.5 Å². The standard InChI is InChI=1S/C28H27BF2N2O6S/c1-32-28(34)26-22-14-21(17-3-4-17)19(13-25(22)39-27(26)18-5-7-20(30)8-6-18)15-40(37,38)33-11-10-16-2-9-23(29(35)36)24(31)12-16/h2,5-9,12-14,17,33,35-36H,3-4,10-11,15H2,1H3,(H,32,34). The van der Waals surface area contributed by atoms with E-state index in [1.807, 2.05) is 6.07 Å². The number of sulfonamides is 1. The number of nitrogens with one attached hydrogen (secondary N) is 2. The summed E-state index contributed by atoms with van der Waals surface area (Å²) >= 11 is 0. The highest BCUT2D eigenvalue weighted by molar-refractivity contribution is 7.88. The molecule has 0 radical (unpaired) electrons. The maximum Gasteiger partial charge on any atom is 0.491 e. The summed E-state index contributed by atoms with van der Waals surface area (Å²) in [5.41, 5.74) is 2.77. The number of carbonyl (C=O) groups is 1. The lowest BCUT2D eigenvalue weighted by Crippen LogP contribution is -2.33. The van der Waals surface area contributed by atoms with Crippen LogP contribution in [0.4, 0.5) is 8.78 Å². The molecule has 0 bridgehead atoms. The Morgan fingerprint density at radius 3 is 2.42 bits per heavy atom. The van der Waals surface area contributed by atoms with Gasteiger partial charge < -0.3 is 19.8 Å². The van der Waals surface area contributed by atoms with Gasteiger partial charge in [0, 0.05) is 30.0 Å². The molecule has 40 heavy (non-hydrogen) atoms. The Hall–Kier alpha value is -3.58. The van der Waals surface area contributed by atoms with E-state index < -0.39 is 28.8 Å². The summed E-state index contributed by atoms with van der Waals surface area (Å²) in [5.74, 6) is -1.47. The summed E-state index contributed by atoms with van der Waals surface area (Å²) in [6.45, 7) is 0.0140. The zero-order valence-electron chi connectivity index (χ0n) is 21.6. The van der Waals surface area contributed by atoms with Crippen LogP contribution in [0, 0.1) is 11.6 Å². The lowest BCUT2D eigenvalue weighted by Gasteiger charge is -2.12. The summed E-state index contributed by atoms with van der Waals surface area (Å²) in [7, 11) is -4.23. The van der Waals surface area contributed by atoms with Crippen LogP contribution >= 0.6 is 0 Å². The molecule has 5 rings (SSSR count). The highest BCUT2D eigenvalue weighted by atomic mass is 32.2. The van der Waals surface area contributed by atoms with Gasteiger partial charge in [-0.25, -0.2) is 21.9 Å². The van der Waals surface area contributed by atoms with Crippen molar-refractivity contribution in [3.63, 3.8) is 0 Å². The number of hydrogen-bond acceptors (Lipinski definition) is 6. The first-order chi connectivity index (χ1) is 19.1. The van der Waals surface area contributed by atoms with E-state index in [2.05, 4.69) is 10.0 Å². The minimum absolute atomic E-state index is 0.0140. The fourth-order valence-corrected chi connectivity index (χ4v) is 5.97. The molecule has 1 saturated carbocycles. The van der Waals surface area contributed by atoms with E-state index in [0.29, 0.717) is 33.2 Å². The Morgan fingerprint density at radius 1 is 1.07 bits per heavy atom. The maximum atomic E-state index is 14.0. The quantitative estimate of drug-likeness (QED) is 0.218. The molecule has 0 saturated heterocycles. The van der Waals surface area contributed by atoms with Crippen LogP contribution in [0.5, 0.6) is 0 Å². The molecule has 0 unspecified atom stereocenters. The van der Waals surface area contributed by atoms with Crippen molar-refractivity contribution in [3.8, 4) is 11.3 Å². The van der Waals surface area contributed by atoms with Gasteiger partial charge in [0.15, 0.2) is 0 Å². The Labute approximate surface area is 230 Å².